The molecular weight excluding hydrogens is 214 g/mol. The summed E-state index contributed by atoms with van der Waals surface area (Å²) in [5.41, 5.74) is 8.12. The second kappa shape index (κ2) is 5.01. The predicted octanol–water partition coefficient (Wildman–Crippen LogP) is 2.29. The van der Waals surface area contributed by atoms with Gasteiger partial charge < -0.3 is 10.5 Å². The average molecular weight is 231 g/mol. The minimum atomic E-state index is 0.108. The van der Waals surface area contributed by atoms with Crippen molar-refractivity contribution in [2.45, 2.75) is 19.4 Å². The van der Waals surface area contributed by atoms with Crippen molar-refractivity contribution in [1.29, 1.82) is 0 Å². The minimum Gasteiger partial charge on any atom is -0.493 e. The molecule has 2 rings (SSSR count). The van der Waals surface area contributed by atoms with Crippen LogP contribution in [0.15, 0.2) is 36.7 Å². The Morgan fingerprint density at radius 2 is 2.06 bits per heavy atom. The Morgan fingerprint density at radius 1 is 1.35 bits per heavy atom. The molecule has 1 aromatic carbocycles. The fourth-order valence-corrected chi connectivity index (χ4v) is 1.66. The van der Waals surface area contributed by atoms with E-state index >= 15 is 0 Å². The summed E-state index contributed by atoms with van der Waals surface area (Å²) in [4.78, 5) is 0. The van der Waals surface area contributed by atoms with Gasteiger partial charge in [0.05, 0.1) is 25.2 Å². The van der Waals surface area contributed by atoms with Crippen LogP contribution < -0.4 is 10.5 Å². The van der Waals surface area contributed by atoms with E-state index in [9.17, 15) is 0 Å². The Hall–Kier alpha value is -1.81. The lowest BCUT2D eigenvalue weighted by Gasteiger charge is -2.09. The van der Waals surface area contributed by atoms with E-state index in [0.29, 0.717) is 0 Å². The lowest BCUT2D eigenvalue weighted by molar-refractivity contribution is 0.414. The molecule has 0 amide bonds. The summed E-state index contributed by atoms with van der Waals surface area (Å²) in [6.45, 7) is 2.08. The number of aromatic nitrogens is 2. The van der Waals surface area contributed by atoms with Crippen LogP contribution in [0, 0.1) is 0 Å². The van der Waals surface area contributed by atoms with Crippen molar-refractivity contribution >= 4 is 0 Å². The van der Waals surface area contributed by atoms with Crippen LogP contribution in [0.2, 0.25) is 0 Å². The molecule has 1 atom stereocenters. The first-order valence-corrected chi connectivity index (χ1v) is 5.69. The summed E-state index contributed by atoms with van der Waals surface area (Å²) in [7, 11) is 1.63. The summed E-state index contributed by atoms with van der Waals surface area (Å²) in [5, 5.41) is 4.21. The summed E-state index contributed by atoms with van der Waals surface area (Å²) in [5.74, 6) is 0.749. The van der Waals surface area contributed by atoms with E-state index in [1.165, 1.54) is 0 Å². The second-order valence-corrected chi connectivity index (χ2v) is 3.93. The van der Waals surface area contributed by atoms with Crippen LogP contribution in [0.5, 0.6) is 5.75 Å². The molecule has 0 aliphatic rings. The molecule has 0 spiro atoms. The van der Waals surface area contributed by atoms with Crippen molar-refractivity contribution in [3.05, 3.63) is 42.2 Å². The van der Waals surface area contributed by atoms with Crippen LogP contribution in [0.4, 0.5) is 0 Å². The highest BCUT2D eigenvalue weighted by Crippen LogP contribution is 2.17. The molecule has 0 aliphatic heterocycles. The van der Waals surface area contributed by atoms with Crippen molar-refractivity contribution in [3.8, 4) is 11.4 Å². The largest absolute Gasteiger partial charge is 0.493 e. The Bertz CT molecular complexity index is 476. The van der Waals surface area contributed by atoms with E-state index in [0.717, 1.165) is 23.4 Å². The number of benzene rings is 1. The molecule has 0 saturated carbocycles. The molecule has 2 N–H and O–H groups in total. The fraction of sp³-hybridized carbons (Fsp3) is 0.308. The smallest absolute Gasteiger partial charge is 0.157 e. The van der Waals surface area contributed by atoms with Crippen LogP contribution in [0.1, 0.15) is 24.9 Å². The maximum atomic E-state index is 5.97. The number of ether oxygens (including phenoxy) is 1. The Labute approximate surface area is 101 Å². The van der Waals surface area contributed by atoms with Crippen LogP contribution in [0.3, 0.4) is 0 Å². The molecule has 0 bridgehead atoms. The van der Waals surface area contributed by atoms with Crippen LogP contribution in [-0.2, 0) is 0 Å². The van der Waals surface area contributed by atoms with Crippen LogP contribution >= 0.6 is 0 Å². The van der Waals surface area contributed by atoms with Gasteiger partial charge in [-0.1, -0.05) is 19.1 Å². The highest BCUT2D eigenvalue weighted by Gasteiger charge is 2.04. The van der Waals surface area contributed by atoms with E-state index in [1.807, 2.05) is 30.5 Å². The summed E-state index contributed by atoms with van der Waals surface area (Å²) >= 11 is 0. The number of methoxy groups -OCH3 is 1. The topological polar surface area (TPSA) is 53.1 Å². The monoisotopic (exact) mass is 231 g/mol. The van der Waals surface area contributed by atoms with Gasteiger partial charge >= 0.3 is 0 Å². The molecule has 1 aromatic heterocycles. The molecule has 2 aromatic rings. The number of nitrogens with zero attached hydrogens (tertiary/aromatic N) is 2. The van der Waals surface area contributed by atoms with Gasteiger partial charge in [0.15, 0.2) is 5.75 Å². The number of nitrogens with two attached hydrogens (primary N) is 1. The lowest BCUT2D eigenvalue weighted by Crippen LogP contribution is -2.08. The third kappa shape index (κ3) is 2.47. The predicted molar refractivity (Wildman–Crippen MR) is 67.3 cm³/mol. The van der Waals surface area contributed by atoms with Crippen molar-refractivity contribution in [3.63, 3.8) is 0 Å². The molecule has 4 heteroatoms. The minimum absolute atomic E-state index is 0.108. The molecule has 4 nitrogen and oxygen atoms in total. The first-order chi connectivity index (χ1) is 8.24. The zero-order valence-electron chi connectivity index (χ0n) is 10.1. The zero-order valence-corrected chi connectivity index (χ0v) is 10.1. The van der Waals surface area contributed by atoms with Gasteiger partial charge in [-0.3, -0.25) is 0 Å². The molecule has 1 unspecified atom stereocenters. The summed E-state index contributed by atoms with van der Waals surface area (Å²) in [6, 6.07) is 8.21. The van der Waals surface area contributed by atoms with Crippen molar-refractivity contribution in [1.82, 2.24) is 9.78 Å². The van der Waals surface area contributed by atoms with Crippen LogP contribution in [0.25, 0.3) is 5.69 Å². The molecule has 17 heavy (non-hydrogen) atoms. The second-order valence-electron chi connectivity index (χ2n) is 3.93. The first-order valence-electron chi connectivity index (χ1n) is 5.69. The molecule has 0 saturated heterocycles. The third-order valence-corrected chi connectivity index (χ3v) is 2.82. The van der Waals surface area contributed by atoms with Crippen LogP contribution in [-0.4, -0.2) is 16.9 Å². The van der Waals surface area contributed by atoms with Gasteiger partial charge in [-0.25, -0.2) is 4.68 Å². The zero-order chi connectivity index (χ0) is 12.3. The molecule has 0 radical (unpaired) electrons. The molecule has 1 heterocycles. The van der Waals surface area contributed by atoms with E-state index in [2.05, 4.69) is 12.0 Å². The summed E-state index contributed by atoms with van der Waals surface area (Å²) in [6.07, 6.45) is 4.47. The van der Waals surface area contributed by atoms with Gasteiger partial charge in [0.1, 0.15) is 0 Å². The van der Waals surface area contributed by atoms with Crippen molar-refractivity contribution in [2.24, 2.45) is 5.73 Å². The first kappa shape index (κ1) is 11.7. The van der Waals surface area contributed by atoms with Gasteiger partial charge in [-0.15, -0.1) is 0 Å². The Kier molecular flexibility index (Phi) is 3.44. The van der Waals surface area contributed by atoms with E-state index < -0.39 is 0 Å². The standard InChI is InChI=1S/C13H17N3O/c1-3-13(14)10-4-6-11(7-5-10)16-9-12(17-2)8-15-16/h4-9,13H,3,14H2,1-2H3. The molecule has 90 valence electrons. The quantitative estimate of drug-likeness (QED) is 0.878. The number of hydrogen-bond acceptors (Lipinski definition) is 3. The summed E-state index contributed by atoms with van der Waals surface area (Å²) < 4.78 is 6.87. The molecule has 0 aliphatic carbocycles. The fourth-order valence-electron chi connectivity index (χ4n) is 1.66. The van der Waals surface area contributed by atoms with E-state index in [-0.39, 0.29) is 6.04 Å². The van der Waals surface area contributed by atoms with Gasteiger partial charge in [0, 0.05) is 6.04 Å². The van der Waals surface area contributed by atoms with E-state index in [1.54, 1.807) is 18.0 Å². The van der Waals surface area contributed by atoms with Gasteiger partial charge in [0.25, 0.3) is 0 Å². The van der Waals surface area contributed by atoms with Crippen molar-refractivity contribution in [2.75, 3.05) is 7.11 Å². The van der Waals surface area contributed by atoms with Gasteiger partial charge in [-0.05, 0) is 24.1 Å². The normalized spacial score (nSPS) is 12.4. The van der Waals surface area contributed by atoms with Gasteiger partial charge in [0.2, 0.25) is 0 Å². The third-order valence-electron chi connectivity index (χ3n) is 2.82. The molecule has 0 fully saturated rings. The van der Waals surface area contributed by atoms with Crippen molar-refractivity contribution < 1.29 is 4.74 Å². The van der Waals surface area contributed by atoms with E-state index in [4.69, 9.17) is 10.5 Å². The highest BCUT2D eigenvalue weighted by atomic mass is 16.5. The Balaban J connectivity index is 2.22. The lowest BCUT2D eigenvalue weighted by atomic mass is 10.1. The SMILES string of the molecule is CCC(N)c1ccc(-n2cc(OC)cn2)cc1. The maximum Gasteiger partial charge on any atom is 0.157 e. The van der Waals surface area contributed by atoms with Gasteiger partial charge in [-0.2, -0.15) is 5.10 Å². The maximum absolute atomic E-state index is 5.97. The highest BCUT2D eigenvalue weighted by molar-refractivity contribution is 5.36. The molecular formula is C13H17N3O. The number of hydrogen-bond donors (Lipinski definition) is 1. The Morgan fingerprint density at radius 3 is 2.59 bits per heavy atom. The average Bonchev–Trinajstić information content (AvgIpc) is 2.87. The number of rotatable bonds is 4.